The van der Waals surface area contributed by atoms with Crippen molar-refractivity contribution in [1.82, 2.24) is 5.32 Å². The SMILES string of the molecule is COc1ccc(C(=O)O)cc1NC(=S)NC(=O)c1c(F)c(F)c(OC)c(F)c1F. The topological polar surface area (TPSA) is 96.9 Å². The van der Waals surface area contributed by atoms with Gasteiger partial charge in [0.1, 0.15) is 11.3 Å². The van der Waals surface area contributed by atoms with Crippen LogP contribution in [0.4, 0.5) is 23.2 Å². The highest BCUT2D eigenvalue weighted by molar-refractivity contribution is 7.80. The largest absolute Gasteiger partial charge is 0.495 e. The number of hydrogen-bond donors (Lipinski definition) is 3. The van der Waals surface area contributed by atoms with Gasteiger partial charge in [0.05, 0.1) is 25.5 Å². The lowest BCUT2D eigenvalue weighted by molar-refractivity contribution is 0.0696. The van der Waals surface area contributed by atoms with Crippen LogP contribution in [0.3, 0.4) is 0 Å². The molecular formula is C17H12F4N2O5S. The number of carbonyl (C=O) groups excluding carboxylic acids is 1. The maximum Gasteiger partial charge on any atom is 0.335 e. The van der Waals surface area contributed by atoms with E-state index in [4.69, 9.17) is 22.1 Å². The number of carboxylic acid groups (broad SMARTS) is 1. The molecule has 0 spiro atoms. The first-order valence-corrected chi connectivity index (χ1v) is 7.96. The number of methoxy groups -OCH3 is 2. The van der Waals surface area contributed by atoms with Crippen molar-refractivity contribution in [2.45, 2.75) is 0 Å². The monoisotopic (exact) mass is 432 g/mol. The standard InChI is InChI=1S/C17H12F4N2O5S/c1-27-8-4-3-6(16(25)26)5-7(8)22-17(29)23-15(24)9-10(18)12(20)14(28-2)13(21)11(9)19/h3-5H,1-2H3,(H,25,26)(H2,22,23,24,29). The van der Waals surface area contributed by atoms with Crippen molar-refractivity contribution in [2.24, 2.45) is 0 Å². The lowest BCUT2D eigenvalue weighted by Gasteiger charge is -2.14. The molecule has 0 aliphatic carbocycles. The highest BCUT2D eigenvalue weighted by Gasteiger charge is 2.30. The van der Waals surface area contributed by atoms with Crippen LogP contribution in [0.1, 0.15) is 20.7 Å². The van der Waals surface area contributed by atoms with Crippen molar-refractivity contribution in [3.05, 3.63) is 52.6 Å². The van der Waals surface area contributed by atoms with Crippen LogP contribution in [0.2, 0.25) is 0 Å². The van der Waals surface area contributed by atoms with E-state index >= 15 is 0 Å². The molecule has 29 heavy (non-hydrogen) atoms. The van der Waals surface area contributed by atoms with Crippen LogP contribution < -0.4 is 20.1 Å². The van der Waals surface area contributed by atoms with Crippen LogP contribution >= 0.6 is 12.2 Å². The molecule has 0 radical (unpaired) electrons. The number of carbonyl (C=O) groups is 2. The Labute approximate surface area is 166 Å². The van der Waals surface area contributed by atoms with Gasteiger partial charge in [0.15, 0.2) is 22.5 Å². The molecule has 0 unspecified atom stereocenters. The lowest BCUT2D eigenvalue weighted by Crippen LogP contribution is -2.35. The number of ether oxygens (including phenoxy) is 2. The number of benzene rings is 2. The van der Waals surface area contributed by atoms with E-state index in [1.54, 1.807) is 0 Å². The van der Waals surface area contributed by atoms with Gasteiger partial charge in [0, 0.05) is 0 Å². The average Bonchev–Trinajstić information content (AvgIpc) is 2.66. The minimum atomic E-state index is -1.98. The first-order valence-electron chi connectivity index (χ1n) is 7.55. The van der Waals surface area contributed by atoms with Gasteiger partial charge >= 0.3 is 5.97 Å². The summed E-state index contributed by atoms with van der Waals surface area (Å²) in [4.78, 5) is 23.2. The van der Waals surface area contributed by atoms with E-state index in [0.717, 1.165) is 13.2 Å². The van der Waals surface area contributed by atoms with Crippen molar-refractivity contribution in [3.8, 4) is 11.5 Å². The predicted molar refractivity (Wildman–Crippen MR) is 96.5 cm³/mol. The summed E-state index contributed by atoms with van der Waals surface area (Å²) in [5.74, 6) is -11.8. The third-order valence-electron chi connectivity index (χ3n) is 3.58. The van der Waals surface area contributed by atoms with Gasteiger partial charge < -0.3 is 19.9 Å². The second-order valence-electron chi connectivity index (χ2n) is 5.29. The molecule has 7 nitrogen and oxygen atoms in total. The van der Waals surface area contributed by atoms with E-state index in [1.165, 1.54) is 19.2 Å². The van der Waals surface area contributed by atoms with E-state index in [0.29, 0.717) is 0 Å². The lowest BCUT2D eigenvalue weighted by atomic mass is 10.1. The van der Waals surface area contributed by atoms with Crippen molar-refractivity contribution in [2.75, 3.05) is 19.5 Å². The van der Waals surface area contributed by atoms with E-state index in [1.807, 2.05) is 5.32 Å². The Kier molecular flexibility index (Phi) is 6.59. The molecule has 2 aromatic rings. The molecule has 0 aromatic heterocycles. The fourth-order valence-electron chi connectivity index (χ4n) is 2.25. The van der Waals surface area contributed by atoms with Crippen molar-refractivity contribution in [1.29, 1.82) is 0 Å². The summed E-state index contributed by atoms with van der Waals surface area (Å²) in [7, 11) is 2.06. The Morgan fingerprint density at radius 1 is 1.00 bits per heavy atom. The first-order chi connectivity index (χ1) is 13.6. The van der Waals surface area contributed by atoms with Crippen LogP contribution in [0, 0.1) is 23.3 Å². The van der Waals surface area contributed by atoms with Gasteiger partial charge in [0.2, 0.25) is 11.6 Å². The molecule has 154 valence electrons. The minimum Gasteiger partial charge on any atom is -0.495 e. The molecule has 3 N–H and O–H groups in total. The molecule has 2 aromatic carbocycles. The van der Waals surface area contributed by atoms with E-state index in [9.17, 15) is 27.2 Å². The van der Waals surface area contributed by atoms with Gasteiger partial charge in [-0.1, -0.05) is 0 Å². The fraction of sp³-hybridized carbons (Fsp3) is 0.118. The van der Waals surface area contributed by atoms with Crippen LogP contribution in [-0.2, 0) is 0 Å². The number of hydrogen-bond acceptors (Lipinski definition) is 5. The molecule has 12 heteroatoms. The van der Waals surface area contributed by atoms with Crippen LogP contribution in [0.25, 0.3) is 0 Å². The number of carboxylic acids is 1. The highest BCUT2D eigenvalue weighted by Crippen LogP contribution is 2.30. The van der Waals surface area contributed by atoms with Crippen molar-refractivity contribution >= 4 is 34.9 Å². The first kappa shape index (κ1) is 21.9. The second kappa shape index (κ2) is 8.73. The Morgan fingerprint density at radius 3 is 2.07 bits per heavy atom. The maximum atomic E-state index is 14.0. The zero-order valence-corrected chi connectivity index (χ0v) is 15.5. The number of nitrogens with one attached hydrogen (secondary N) is 2. The van der Waals surface area contributed by atoms with Crippen molar-refractivity contribution < 1.29 is 41.7 Å². The number of halogens is 4. The second-order valence-corrected chi connectivity index (χ2v) is 5.70. The van der Waals surface area contributed by atoms with E-state index in [2.05, 4.69) is 10.1 Å². The summed E-state index contributed by atoms with van der Waals surface area (Å²) in [5, 5.41) is 12.7. The van der Waals surface area contributed by atoms with Crippen LogP contribution in [0.5, 0.6) is 11.5 Å². The third kappa shape index (κ3) is 4.37. The number of thiocarbonyl (C=S) groups is 1. The van der Waals surface area contributed by atoms with Gasteiger partial charge in [-0.05, 0) is 30.4 Å². The molecule has 2 rings (SSSR count). The quantitative estimate of drug-likeness (QED) is 0.380. The predicted octanol–water partition coefficient (Wildman–Crippen LogP) is 3.09. The molecule has 0 heterocycles. The summed E-state index contributed by atoms with van der Waals surface area (Å²) in [5.41, 5.74) is -1.71. The molecule has 0 aliphatic heterocycles. The Hall–Kier alpha value is -3.41. The minimum absolute atomic E-state index is 0.00531. The highest BCUT2D eigenvalue weighted by atomic mass is 32.1. The normalized spacial score (nSPS) is 10.3. The van der Waals surface area contributed by atoms with E-state index < -0.39 is 51.6 Å². The Balaban J connectivity index is 2.30. The average molecular weight is 432 g/mol. The summed E-state index contributed by atoms with van der Waals surface area (Å²) in [6.07, 6.45) is 0. The molecule has 0 aliphatic rings. The molecule has 0 saturated carbocycles. The fourth-order valence-corrected chi connectivity index (χ4v) is 2.45. The molecular weight excluding hydrogens is 420 g/mol. The maximum absolute atomic E-state index is 14.0. The van der Waals surface area contributed by atoms with Crippen LogP contribution in [-0.4, -0.2) is 36.3 Å². The number of anilines is 1. The van der Waals surface area contributed by atoms with Gasteiger partial charge in [-0.15, -0.1) is 0 Å². The zero-order valence-electron chi connectivity index (χ0n) is 14.7. The van der Waals surface area contributed by atoms with Crippen LogP contribution in [0.15, 0.2) is 18.2 Å². The van der Waals surface area contributed by atoms with Gasteiger partial charge in [0.25, 0.3) is 5.91 Å². The van der Waals surface area contributed by atoms with Crippen molar-refractivity contribution in [3.63, 3.8) is 0 Å². The molecule has 0 bridgehead atoms. The Morgan fingerprint density at radius 2 is 1.59 bits per heavy atom. The summed E-state index contributed by atoms with van der Waals surface area (Å²) >= 11 is 4.83. The number of amides is 1. The van der Waals surface area contributed by atoms with Gasteiger partial charge in [-0.3, -0.25) is 10.1 Å². The third-order valence-corrected chi connectivity index (χ3v) is 3.78. The summed E-state index contributed by atoms with van der Waals surface area (Å²) in [6, 6.07) is 3.65. The molecule has 1 amide bonds. The van der Waals surface area contributed by atoms with Gasteiger partial charge in [-0.2, -0.15) is 8.78 Å². The molecule has 0 saturated heterocycles. The zero-order chi connectivity index (χ0) is 21.9. The van der Waals surface area contributed by atoms with Gasteiger partial charge in [-0.25, -0.2) is 13.6 Å². The molecule has 0 atom stereocenters. The van der Waals surface area contributed by atoms with E-state index in [-0.39, 0.29) is 17.0 Å². The summed E-state index contributed by atoms with van der Waals surface area (Å²) in [6.45, 7) is 0. The summed E-state index contributed by atoms with van der Waals surface area (Å²) < 4.78 is 64.8. The number of aromatic carboxylic acids is 1. The smallest absolute Gasteiger partial charge is 0.335 e. The number of rotatable bonds is 5. The Bertz CT molecular complexity index is 987. The molecule has 0 fully saturated rings.